The lowest BCUT2D eigenvalue weighted by atomic mass is 10.0. The van der Waals surface area contributed by atoms with Gasteiger partial charge < -0.3 is 4.74 Å². The zero-order valence-electron chi connectivity index (χ0n) is 10.8. The Balaban J connectivity index is 1.91. The minimum atomic E-state index is 0.218. The summed E-state index contributed by atoms with van der Waals surface area (Å²) in [5.74, 6) is 0.218. The SMILES string of the molecule is CC(COCc1ccccc1)c1cccc(Cl)c1Cl. The lowest BCUT2D eigenvalue weighted by molar-refractivity contribution is 0.110. The van der Waals surface area contributed by atoms with E-state index in [0.717, 1.165) is 5.56 Å². The normalized spacial score (nSPS) is 12.4. The molecule has 0 aliphatic heterocycles. The highest BCUT2D eigenvalue weighted by atomic mass is 35.5. The van der Waals surface area contributed by atoms with E-state index in [1.54, 1.807) is 6.07 Å². The first-order valence-electron chi connectivity index (χ1n) is 6.24. The van der Waals surface area contributed by atoms with E-state index in [9.17, 15) is 0 Å². The van der Waals surface area contributed by atoms with Gasteiger partial charge in [-0.05, 0) is 17.2 Å². The third-order valence-corrected chi connectivity index (χ3v) is 3.83. The molecule has 1 atom stereocenters. The van der Waals surface area contributed by atoms with Crippen molar-refractivity contribution in [2.75, 3.05) is 6.61 Å². The number of rotatable bonds is 5. The van der Waals surface area contributed by atoms with E-state index in [0.29, 0.717) is 23.3 Å². The third kappa shape index (κ3) is 3.97. The van der Waals surface area contributed by atoms with E-state index in [-0.39, 0.29) is 5.92 Å². The Labute approximate surface area is 124 Å². The van der Waals surface area contributed by atoms with E-state index in [2.05, 4.69) is 19.1 Å². The summed E-state index contributed by atoms with van der Waals surface area (Å²) in [5.41, 5.74) is 2.20. The molecule has 2 rings (SSSR count). The van der Waals surface area contributed by atoms with Gasteiger partial charge >= 0.3 is 0 Å². The topological polar surface area (TPSA) is 9.23 Å². The van der Waals surface area contributed by atoms with Gasteiger partial charge in [-0.1, -0.05) is 72.6 Å². The molecular weight excluding hydrogens is 279 g/mol. The lowest BCUT2D eigenvalue weighted by Crippen LogP contribution is -2.05. The molecule has 100 valence electrons. The molecule has 1 unspecified atom stereocenters. The molecule has 2 aromatic rings. The second kappa shape index (κ2) is 6.95. The van der Waals surface area contributed by atoms with Crippen molar-refractivity contribution in [2.24, 2.45) is 0 Å². The van der Waals surface area contributed by atoms with Crippen molar-refractivity contribution in [3.63, 3.8) is 0 Å². The second-order valence-electron chi connectivity index (χ2n) is 4.54. The fourth-order valence-corrected chi connectivity index (χ4v) is 2.41. The molecule has 0 aliphatic carbocycles. The van der Waals surface area contributed by atoms with Crippen molar-refractivity contribution in [1.82, 2.24) is 0 Å². The van der Waals surface area contributed by atoms with E-state index >= 15 is 0 Å². The van der Waals surface area contributed by atoms with Crippen LogP contribution in [0.25, 0.3) is 0 Å². The minimum Gasteiger partial charge on any atom is -0.376 e. The first kappa shape index (κ1) is 14.4. The van der Waals surface area contributed by atoms with Gasteiger partial charge in [0.15, 0.2) is 0 Å². The predicted molar refractivity (Wildman–Crippen MR) is 81.0 cm³/mol. The zero-order valence-corrected chi connectivity index (χ0v) is 12.3. The van der Waals surface area contributed by atoms with Crippen LogP contribution in [0.15, 0.2) is 48.5 Å². The van der Waals surface area contributed by atoms with E-state index in [1.165, 1.54) is 5.56 Å². The summed E-state index contributed by atoms with van der Waals surface area (Å²) >= 11 is 12.2. The van der Waals surface area contributed by atoms with Crippen LogP contribution in [0.1, 0.15) is 24.0 Å². The highest BCUT2D eigenvalue weighted by molar-refractivity contribution is 6.42. The molecule has 2 aromatic carbocycles. The Hall–Kier alpha value is -1.02. The summed E-state index contributed by atoms with van der Waals surface area (Å²) < 4.78 is 5.73. The molecule has 0 radical (unpaired) electrons. The summed E-state index contributed by atoms with van der Waals surface area (Å²) in [5, 5.41) is 1.22. The van der Waals surface area contributed by atoms with Crippen LogP contribution in [-0.2, 0) is 11.3 Å². The van der Waals surface area contributed by atoms with Gasteiger partial charge in [0, 0.05) is 5.92 Å². The van der Waals surface area contributed by atoms with Crippen LogP contribution in [0.4, 0.5) is 0 Å². The number of ether oxygens (including phenoxy) is 1. The molecule has 0 spiro atoms. The highest BCUT2D eigenvalue weighted by Gasteiger charge is 2.12. The van der Waals surface area contributed by atoms with Crippen molar-refractivity contribution in [2.45, 2.75) is 19.4 Å². The van der Waals surface area contributed by atoms with Crippen molar-refractivity contribution < 1.29 is 4.74 Å². The number of halogens is 2. The Morgan fingerprint density at radius 2 is 1.74 bits per heavy atom. The van der Waals surface area contributed by atoms with Gasteiger partial charge in [0.2, 0.25) is 0 Å². The molecule has 0 heterocycles. The summed E-state index contributed by atoms with van der Waals surface area (Å²) in [4.78, 5) is 0. The van der Waals surface area contributed by atoms with Gasteiger partial charge in [-0.25, -0.2) is 0 Å². The molecule has 0 amide bonds. The fraction of sp³-hybridized carbons (Fsp3) is 0.250. The third-order valence-electron chi connectivity index (χ3n) is 2.99. The fourth-order valence-electron chi connectivity index (χ4n) is 1.92. The predicted octanol–water partition coefficient (Wildman–Crippen LogP) is 5.31. The molecule has 0 bridgehead atoms. The van der Waals surface area contributed by atoms with Gasteiger partial charge in [-0.15, -0.1) is 0 Å². The molecule has 0 aromatic heterocycles. The van der Waals surface area contributed by atoms with Crippen LogP contribution < -0.4 is 0 Å². The quantitative estimate of drug-likeness (QED) is 0.726. The van der Waals surface area contributed by atoms with Crippen molar-refractivity contribution >= 4 is 23.2 Å². The second-order valence-corrected chi connectivity index (χ2v) is 5.33. The summed E-state index contributed by atoms with van der Waals surface area (Å²) in [6, 6.07) is 15.8. The molecule has 0 aliphatic rings. The smallest absolute Gasteiger partial charge is 0.0717 e. The van der Waals surface area contributed by atoms with Gasteiger partial charge in [0.05, 0.1) is 23.3 Å². The summed E-state index contributed by atoms with van der Waals surface area (Å²) in [7, 11) is 0. The molecule has 0 saturated carbocycles. The zero-order chi connectivity index (χ0) is 13.7. The van der Waals surface area contributed by atoms with Crippen LogP contribution >= 0.6 is 23.2 Å². The average Bonchev–Trinajstić information content (AvgIpc) is 2.43. The van der Waals surface area contributed by atoms with Crippen molar-refractivity contribution in [3.8, 4) is 0 Å². The van der Waals surface area contributed by atoms with E-state index < -0.39 is 0 Å². The maximum atomic E-state index is 6.20. The van der Waals surface area contributed by atoms with Gasteiger partial charge in [-0.2, -0.15) is 0 Å². The van der Waals surface area contributed by atoms with Gasteiger partial charge in [0.1, 0.15) is 0 Å². The molecule has 3 heteroatoms. The van der Waals surface area contributed by atoms with E-state index in [1.807, 2.05) is 30.3 Å². The van der Waals surface area contributed by atoms with Crippen molar-refractivity contribution in [1.29, 1.82) is 0 Å². The molecule has 1 nitrogen and oxygen atoms in total. The summed E-state index contributed by atoms with van der Waals surface area (Å²) in [6.07, 6.45) is 0. The first-order chi connectivity index (χ1) is 9.18. The van der Waals surface area contributed by atoms with Crippen LogP contribution in [0.5, 0.6) is 0 Å². The van der Waals surface area contributed by atoms with Crippen LogP contribution in [0, 0.1) is 0 Å². The Morgan fingerprint density at radius 1 is 1.00 bits per heavy atom. The molecule has 0 saturated heterocycles. The van der Waals surface area contributed by atoms with Crippen LogP contribution in [-0.4, -0.2) is 6.61 Å². The van der Waals surface area contributed by atoms with Gasteiger partial charge in [0.25, 0.3) is 0 Å². The Bertz CT molecular complexity index is 526. The molecule has 0 fully saturated rings. The maximum Gasteiger partial charge on any atom is 0.0717 e. The van der Waals surface area contributed by atoms with Crippen molar-refractivity contribution in [3.05, 3.63) is 69.7 Å². The Kier molecular flexibility index (Phi) is 5.26. The standard InChI is InChI=1S/C16H16Cl2O/c1-12(14-8-5-9-15(17)16(14)18)10-19-11-13-6-3-2-4-7-13/h2-9,12H,10-11H2,1H3. The summed E-state index contributed by atoms with van der Waals surface area (Å²) in [6.45, 7) is 3.32. The van der Waals surface area contributed by atoms with Gasteiger partial charge in [-0.3, -0.25) is 0 Å². The molecule has 0 N–H and O–H groups in total. The highest BCUT2D eigenvalue weighted by Crippen LogP contribution is 2.30. The van der Waals surface area contributed by atoms with Crippen LogP contribution in [0.2, 0.25) is 10.0 Å². The number of hydrogen-bond acceptors (Lipinski definition) is 1. The molecule has 19 heavy (non-hydrogen) atoms. The molecular formula is C16H16Cl2O. The largest absolute Gasteiger partial charge is 0.376 e. The van der Waals surface area contributed by atoms with E-state index in [4.69, 9.17) is 27.9 Å². The Morgan fingerprint density at radius 3 is 2.47 bits per heavy atom. The number of benzene rings is 2. The maximum absolute atomic E-state index is 6.20. The lowest BCUT2D eigenvalue weighted by Gasteiger charge is -2.14. The first-order valence-corrected chi connectivity index (χ1v) is 6.99. The average molecular weight is 295 g/mol. The number of hydrogen-bond donors (Lipinski definition) is 0. The van der Waals surface area contributed by atoms with Crippen LogP contribution in [0.3, 0.4) is 0 Å². The monoisotopic (exact) mass is 294 g/mol. The minimum absolute atomic E-state index is 0.218.